The number of carboxylic acid groups (broad SMARTS) is 1. The Balaban J connectivity index is 2.50. The number of aryl methyl sites for hydroxylation is 1. The topological polar surface area (TPSA) is 84.1 Å². The number of carboxylic acids is 1. The van der Waals surface area contributed by atoms with E-state index in [1.165, 1.54) is 11.2 Å². The van der Waals surface area contributed by atoms with Crippen LogP contribution < -0.4 is 4.90 Å². The first-order valence-corrected chi connectivity index (χ1v) is 5.16. The molecule has 2 aromatic heterocycles. The third-order valence-corrected chi connectivity index (χ3v) is 2.42. The van der Waals surface area contributed by atoms with Crippen molar-refractivity contribution in [3.8, 4) is 12.3 Å². The highest BCUT2D eigenvalue weighted by Crippen LogP contribution is 2.21. The fourth-order valence-corrected chi connectivity index (χ4v) is 1.68. The fraction of sp³-hybridized carbons (Fsp3) is 0.273. The Morgan fingerprint density at radius 1 is 1.61 bits per heavy atom. The van der Waals surface area contributed by atoms with Crippen molar-refractivity contribution in [1.82, 2.24) is 19.7 Å². The summed E-state index contributed by atoms with van der Waals surface area (Å²) >= 11 is 0. The van der Waals surface area contributed by atoms with Crippen molar-refractivity contribution < 1.29 is 9.90 Å². The quantitative estimate of drug-likeness (QED) is 0.756. The van der Waals surface area contributed by atoms with Crippen LogP contribution in [0.5, 0.6) is 0 Å². The van der Waals surface area contributed by atoms with Crippen LogP contribution in [-0.2, 0) is 11.8 Å². The molecule has 0 unspecified atom stereocenters. The monoisotopic (exact) mass is 245 g/mol. The van der Waals surface area contributed by atoms with E-state index in [2.05, 4.69) is 21.0 Å². The second kappa shape index (κ2) is 4.71. The average Bonchev–Trinajstić information content (AvgIpc) is 2.70. The number of rotatable bonds is 4. The molecule has 7 nitrogen and oxygen atoms in total. The van der Waals surface area contributed by atoms with Crippen LogP contribution in [0.1, 0.15) is 0 Å². The summed E-state index contributed by atoms with van der Waals surface area (Å²) in [4.78, 5) is 20.5. The van der Waals surface area contributed by atoms with Gasteiger partial charge in [-0.1, -0.05) is 5.92 Å². The van der Waals surface area contributed by atoms with Crippen LogP contribution in [0, 0.1) is 12.3 Å². The number of aromatic nitrogens is 4. The van der Waals surface area contributed by atoms with E-state index in [0.717, 1.165) is 0 Å². The molecule has 7 heteroatoms. The molecule has 0 aliphatic heterocycles. The van der Waals surface area contributed by atoms with Crippen LogP contribution in [-0.4, -0.2) is 43.9 Å². The molecule has 2 rings (SSSR count). The van der Waals surface area contributed by atoms with E-state index in [4.69, 9.17) is 11.5 Å². The third kappa shape index (κ3) is 2.08. The van der Waals surface area contributed by atoms with E-state index in [0.29, 0.717) is 16.9 Å². The number of hydrogen-bond acceptors (Lipinski definition) is 5. The number of carbonyl (C=O) groups is 1. The van der Waals surface area contributed by atoms with Gasteiger partial charge in [-0.05, 0) is 0 Å². The Morgan fingerprint density at radius 3 is 3.06 bits per heavy atom. The van der Waals surface area contributed by atoms with Crippen molar-refractivity contribution in [2.75, 3.05) is 18.0 Å². The van der Waals surface area contributed by atoms with Crippen LogP contribution in [0.2, 0.25) is 0 Å². The SMILES string of the molecule is C#CCN(CC(=O)O)c1ncnc2c1cnn2C. The molecule has 0 spiro atoms. The second-order valence-corrected chi connectivity index (χ2v) is 3.66. The zero-order chi connectivity index (χ0) is 13.1. The van der Waals surface area contributed by atoms with Gasteiger partial charge in [0.1, 0.15) is 18.7 Å². The van der Waals surface area contributed by atoms with Crippen LogP contribution in [0.25, 0.3) is 11.0 Å². The van der Waals surface area contributed by atoms with Crippen LogP contribution in [0.15, 0.2) is 12.5 Å². The van der Waals surface area contributed by atoms with E-state index in [-0.39, 0.29) is 13.1 Å². The van der Waals surface area contributed by atoms with Crippen LogP contribution in [0.3, 0.4) is 0 Å². The van der Waals surface area contributed by atoms with Gasteiger partial charge >= 0.3 is 5.97 Å². The predicted octanol–water partition coefficient (Wildman–Crippen LogP) is -0.113. The number of nitrogens with zero attached hydrogens (tertiary/aromatic N) is 5. The molecule has 0 aliphatic rings. The van der Waals surface area contributed by atoms with Crippen molar-refractivity contribution in [3.05, 3.63) is 12.5 Å². The number of anilines is 1. The highest BCUT2D eigenvalue weighted by molar-refractivity contribution is 5.88. The summed E-state index contributed by atoms with van der Waals surface area (Å²) in [7, 11) is 1.75. The average molecular weight is 245 g/mol. The Labute approximate surface area is 103 Å². The van der Waals surface area contributed by atoms with Crippen molar-refractivity contribution >= 4 is 22.8 Å². The van der Waals surface area contributed by atoms with Gasteiger partial charge < -0.3 is 10.0 Å². The molecule has 18 heavy (non-hydrogen) atoms. The summed E-state index contributed by atoms with van der Waals surface area (Å²) in [5.41, 5.74) is 0.632. The number of terminal acetylenes is 1. The Hall–Kier alpha value is -2.62. The number of fused-ring (bicyclic) bond motifs is 1. The summed E-state index contributed by atoms with van der Waals surface area (Å²) < 4.78 is 1.59. The highest BCUT2D eigenvalue weighted by atomic mass is 16.4. The molecule has 0 fully saturated rings. The summed E-state index contributed by atoms with van der Waals surface area (Å²) in [5.74, 6) is 1.93. The summed E-state index contributed by atoms with van der Waals surface area (Å²) in [6.45, 7) is -0.0570. The van der Waals surface area contributed by atoms with Gasteiger partial charge in [0.2, 0.25) is 0 Å². The fourth-order valence-electron chi connectivity index (χ4n) is 1.68. The van der Waals surface area contributed by atoms with Crippen molar-refractivity contribution in [2.24, 2.45) is 7.05 Å². The van der Waals surface area contributed by atoms with Gasteiger partial charge in [0.15, 0.2) is 5.65 Å². The lowest BCUT2D eigenvalue weighted by Gasteiger charge is -2.19. The molecule has 0 bridgehead atoms. The Bertz CT molecular complexity index is 628. The van der Waals surface area contributed by atoms with E-state index < -0.39 is 5.97 Å². The predicted molar refractivity (Wildman–Crippen MR) is 65.0 cm³/mol. The highest BCUT2D eigenvalue weighted by Gasteiger charge is 2.16. The van der Waals surface area contributed by atoms with E-state index in [1.54, 1.807) is 17.9 Å². The summed E-state index contributed by atoms with van der Waals surface area (Å²) in [6.07, 6.45) is 8.20. The molecule has 0 aromatic carbocycles. The lowest BCUT2D eigenvalue weighted by atomic mass is 10.3. The zero-order valence-electron chi connectivity index (χ0n) is 9.74. The summed E-state index contributed by atoms with van der Waals surface area (Å²) in [5, 5.41) is 13.6. The van der Waals surface area contributed by atoms with Gasteiger partial charge in [0.25, 0.3) is 0 Å². The lowest BCUT2D eigenvalue weighted by Crippen LogP contribution is -2.30. The first kappa shape index (κ1) is 11.9. The first-order chi connectivity index (χ1) is 8.63. The van der Waals surface area contributed by atoms with Crippen molar-refractivity contribution in [1.29, 1.82) is 0 Å². The van der Waals surface area contributed by atoms with Gasteiger partial charge in [0.05, 0.1) is 18.1 Å². The second-order valence-electron chi connectivity index (χ2n) is 3.66. The van der Waals surface area contributed by atoms with Gasteiger partial charge in [-0.3, -0.25) is 9.48 Å². The van der Waals surface area contributed by atoms with Crippen LogP contribution in [0.4, 0.5) is 5.82 Å². The molecule has 2 heterocycles. The number of aliphatic carboxylic acids is 1. The standard InChI is InChI=1S/C11H11N5O2/c1-3-4-16(6-9(17)18)11-8-5-14-15(2)10(8)12-7-13-11/h1,5,7H,4,6H2,2H3,(H,17,18). The minimum Gasteiger partial charge on any atom is -0.480 e. The normalized spacial score (nSPS) is 10.2. The van der Waals surface area contributed by atoms with Gasteiger partial charge in [-0.15, -0.1) is 6.42 Å². The van der Waals surface area contributed by atoms with Gasteiger partial charge in [-0.2, -0.15) is 5.10 Å². The maximum Gasteiger partial charge on any atom is 0.323 e. The number of hydrogen-bond donors (Lipinski definition) is 1. The maximum atomic E-state index is 10.8. The van der Waals surface area contributed by atoms with Crippen molar-refractivity contribution in [3.63, 3.8) is 0 Å². The minimum atomic E-state index is -0.971. The van der Waals surface area contributed by atoms with Crippen LogP contribution >= 0.6 is 0 Å². The smallest absolute Gasteiger partial charge is 0.323 e. The first-order valence-electron chi connectivity index (χ1n) is 5.16. The van der Waals surface area contributed by atoms with E-state index in [9.17, 15) is 4.79 Å². The molecule has 0 radical (unpaired) electrons. The maximum absolute atomic E-state index is 10.8. The molecule has 0 amide bonds. The third-order valence-electron chi connectivity index (χ3n) is 2.42. The van der Waals surface area contributed by atoms with Gasteiger partial charge in [0, 0.05) is 7.05 Å². The molecule has 0 atom stereocenters. The molecular formula is C11H11N5O2. The Kier molecular flexibility index (Phi) is 3.10. The lowest BCUT2D eigenvalue weighted by molar-refractivity contribution is -0.135. The van der Waals surface area contributed by atoms with E-state index in [1.807, 2.05) is 0 Å². The molecule has 2 aromatic rings. The van der Waals surface area contributed by atoms with Gasteiger partial charge in [-0.25, -0.2) is 9.97 Å². The molecule has 92 valence electrons. The van der Waals surface area contributed by atoms with E-state index >= 15 is 0 Å². The largest absolute Gasteiger partial charge is 0.480 e. The Morgan fingerprint density at radius 2 is 2.39 bits per heavy atom. The molecular weight excluding hydrogens is 234 g/mol. The molecule has 0 saturated carbocycles. The zero-order valence-corrected chi connectivity index (χ0v) is 9.74. The molecule has 0 saturated heterocycles. The minimum absolute atomic E-state index is 0.160. The molecule has 0 aliphatic carbocycles. The molecule has 1 N–H and O–H groups in total. The van der Waals surface area contributed by atoms with Crippen molar-refractivity contribution in [2.45, 2.75) is 0 Å². The summed E-state index contributed by atoms with van der Waals surface area (Å²) in [6, 6.07) is 0.